The lowest BCUT2D eigenvalue weighted by atomic mass is 10.0. The van der Waals surface area contributed by atoms with E-state index >= 15 is 0 Å². The molecule has 0 aliphatic rings. The molecular weight excluding hydrogens is 550 g/mol. The molecule has 2 heterocycles. The summed E-state index contributed by atoms with van der Waals surface area (Å²) in [5, 5.41) is 20.3. The largest absolute Gasteiger partial charge is 0.507 e. The summed E-state index contributed by atoms with van der Waals surface area (Å²) < 4.78 is 7.76. The summed E-state index contributed by atoms with van der Waals surface area (Å²) in [7, 11) is 0. The van der Waals surface area contributed by atoms with Gasteiger partial charge >= 0.3 is 0 Å². The number of hydrogen-bond acceptors (Lipinski definition) is 8. The minimum absolute atomic E-state index is 0.0686. The van der Waals surface area contributed by atoms with Crippen LogP contribution in [0, 0.1) is 0 Å². The molecule has 0 atom stereocenters. The minimum Gasteiger partial charge on any atom is -0.507 e. The SMILES string of the molecule is CCOCc1nc2c(N)nc3ccccc3c2n1CC(C)(C)NC(=O)CCCCCNC(=O)c1ccc(N=[N+]=[N-])cc1O. The van der Waals surface area contributed by atoms with Gasteiger partial charge in [0.25, 0.3) is 5.91 Å². The number of phenolic OH excluding ortho intramolecular Hbond substituents is 1. The van der Waals surface area contributed by atoms with Gasteiger partial charge in [0.1, 0.15) is 23.7 Å². The predicted octanol–water partition coefficient (Wildman–Crippen LogP) is 5.24. The summed E-state index contributed by atoms with van der Waals surface area (Å²) in [6.07, 6.45) is 2.40. The fourth-order valence-corrected chi connectivity index (χ4v) is 4.96. The number of benzene rings is 2. The predicted molar refractivity (Wildman–Crippen MR) is 165 cm³/mol. The third-order valence-corrected chi connectivity index (χ3v) is 6.91. The molecule has 0 spiro atoms. The summed E-state index contributed by atoms with van der Waals surface area (Å²) >= 11 is 0. The van der Waals surface area contributed by atoms with Crippen molar-refractivity contribution in [1.82, 2.24) is 25.2 Å². The number of nitrogens with two attached hydrogens (primary N) is 1. The van der Waals surface area contributed by atoms with Crippen LogP contribution in [-0.2, 0) is 22.7 Å². The third kappa shape index (κ3) is 7.70. The number of carbonyl (C=O) groups is 2. The molecule has 0 aliphatic heterocycles. The number of unbranched alkanes of at least 4 members (excludes halogenated alkanes) is 2. The smallest absolute Gasteiger partial charge is 0.255 e. The van der Waals surface area contributed by atoms with Crippen molar-refractivity contribution < 1.29 is 19.4 Å². The van der Waals surface area contributed by atoms with Crippen LogP contribution >= 0.6 is 0 Å². The molecule has 4 aromatic rings. The number of ether oxygens (including phenoxy) is 1. The van der Waals surface area contributed by atoms with Gasteiger partial charge in [0.05, 0.1) is 22.1 Å². The van der Waals surface area contributed by atoms with Crippen LogP contribution in [-0.4, -0.2) is 50.1 Å². The van der Waals surface area contributed by atoms with Crippen LogP contribution in [0.15, 0.2) is 47.6 Å². The van der Waals surface area contributed by atoms with Gasteiger partial charge in [-0.25, -0.2) is 9.97 Å². The number of nitrogen functional groups attached to an aromatic ring is 1. The van der Waals surface area contributed by atoms with Gasteiger partial charge in [0.15, 0.2) is 5.82 Å². The zero-order chi connectivity index (χ0) is 31.0. The number of phenols is 1. The van der Waals surface area contributed by atoms with Gasteiger partial charge in [-0.05, 0) is 57.3 Å². The second-order valence-corrected chi connectivity index (χ2v) is 10.9. The van der Waals surface area contributed by atoms with Gasteiger partial charge in [-0.15, -0.1) is 0 Å². The first-order valence-corrected chi connectivity index (χ1v) is 14.2. The average Bonchev–Trinajstić information content (AvgIpc) is 3.31. The number of fused-ring (bicyclic) bond motifs is 3. The molecule has 4 rings (SSSR count). The maximum Gasteiger partial charge on any atom is 0.255 e. The molecule has 5 N–H and O–H groups in total. The van der Waals surface area contributed by atoms with E-state index in [1.54, 1.807) is 0 Å². The van der Waals surface area contributed by atoms with Gasteiger partial charge in [-0.2, -0.15) is 0 Å². The number of nitrogens with one attached hydrogen (secondary N) is 2. The van der Waals surface area contributed by atoms with Crippen molar-refractivity contribution in [1.29, 1.82) is 0 Å². The number of azide groups is 1. The van der Waals surface area contributed by atoms with Crippen molar-refractivity contribution in [2.75, 3.05) is 18.9 Å². The Labute approximate surface area is 249 Å². The number of nitrogens with zero attached hydrogens (tertiary/aromatic N) is 6. The summed E-state index contributed by atoms with van der Waals surface area (Å²) in [4.78, 5) is 37.2. The summed E-state index contributed by atoms with van der Waals surface area (Å²) in [5.74, 6) is 0.310. The number of pyridine rings is 1. The molecule has 226 valence electrons. The van der Waals surface area contributed by atoms with E-state index in [0.717, 1.165) is 22.8 Å². The number of carbonyl (C=O) groups excluding carboxylic acids is 2. The van der Waals surface area contributed by atoms with Crippen LogP contribution in [0.3, 0.4) is 0 Å². The maximum absolute atomic E-state index is 12.9. The molecule has 0 bridgehead atoms. The Morgan fingerprint density at radius 3 is 2.70 bits per heavy atom. The van der Waals surface area contributed by atoms with Gasteiger partial charge in [0.2, 0.25) is 5.91 Å². The molecule has 2 amide bonds. The van der Waals surface area contributed by atoms with E-state index in [-0.39, 0.29) is 22.9 Å². The molecule has 13 nitrogen and oxygen atoms in total. The number of para-hydroxylation sites is 1. The molecule has 2 aromatic carbocycles. The third-order valence-electron chi connectivity index (χ3n) is 6.91. The highest BCUT2D eigenvalue weighted by Gasteiger charge is 2.26. The first-order chi connectivity index (χ1) is 20.6. The van der Waals surface area contributed by atoms with E-state index in [1.165, 1.54) is 18.2 Å². The Kier molecular flexibility index (Phi) is 10.0. The Morgan fingerprint density at radius 1 is 1.16 bits per heavy atom. The van der Waals surface area contributed by atoms with E-state index < -0.39 is 11.4 Å². The van der Waals surface area contributed by atoms with E-state index in [0.29, 0.717) is 62.7 Å². The monoisotopic (exact) mass is 587 g/mol. The highest BCUT2D eigenvalue weighted by Crippen LogP contribution is 2.30. The average molecular weight is 588 g/mol. The van der Waals surface area contributed by atoms with Crippen LogP contribution in [0.4, 0.5) is 11.5 Å². The lowest BCUT2D eigenvalue weighted by Gasteiger charge is -2.28. The van der Waals surface area contributed by atoms with E-state index in [2.05, 4.69) is 30.2 Å². The lowest BCUT2D eigenvalue weighted by Crippen LogP contribution is -2.46. The van der Waals surface area contributed by atoms with Crippen LogP contribution in [0.25, 0.3) is 32.4 Å². The number of anilines is 1. The van der Waals surface area contributed by atoms with Crippen LogP contribution in [0.2, 0.25) is 0 Å². The van der Waals surface area contributed by atoms with Crippen molar-refractivity contribution in [3.05, 3.63) is 64.3 Å². The molecule has 0 aliphatic carbocycles. The van der Waals surface area contributed by atoms with Gasteiger partial charge < -0.3 is 30.8 Å². The van der Waals surface area contributed by atoms with Crippen molar-refractivity contribution >= 4 is 45.3 Å². The standard InChI is InChI=1S/C30H37N9O4/c1-4-43-17-24-35-26-27(20-10-7-8-11-22(20)34-28(26)31)39(24)18-30(2,3)36-25(41)12-6-5-9-15-33-29(42)21-14-13-19(37-38-32)16-23(21)40/h7-8,10-11,13-14,16,40H,4-6,9,12,15,17-18H2,1-3H3,(H2,31,34)(H,33,42)(H,36,41). The summed E-state index contributed by atoms with van der Waals surface area (Å²) in [6.45, 7) is 7.56. The van der Waals surface area contributed by atoms with Gasteiger partial charge in [-0.1, -0.05) is 35.8 Å². The number of rotatable bonds is 14. The second kappa shape index (κ2) is 13.9. The van der Waals surface area contributed by atoms with Crippen LogP contribution in [0.5, 0.6) is 5.75 Å². The van der Waals surface area contributed by atoms with Crippen molar-refractivity contribution in [3.8, 4) is 5.75 Å². The molecule has 2 aromatic heterocycles. The van der Waals surface area contributed by atoms with Crippen LogP contribution in [0.1, 0.15) is 62.6 Å². The minimum atomic E-state index is -0.602. The lowest BCUT2D eigenvalue weighted by molar-refractivity contribution is -0.122. The first kappa shape index (κ1) is 31.1. The topological polar surface area (TPSA) is 193 Å². The molecule has 0 saturated heterocycles. The number of aromatic hydroxyl groups is 1. The molecular formula is C30H37N9O4. The van der Waals surface area contributed by atoms with E-state index in [1.807, 2.05) is 45.0 Å². The fourth-order valence-electron chi connectivity index (χ4n) is 4.96. The van der Waals surface area contributed by atoms with E-state index in [4.69, 9.17) is 21.0 Å². The zero-order valence-corrected chi connectivity index (χ0v) is 24.6. The van der Waals surface area contributed by atoms with Crippen molar-refractivity contribution in [3.63, 3.8) is 0 Å². The van der Waals surface area contributed by atoms with E-state index in [9.17, 15) is 14.7 Å². The zero-order valence-electron chi connectivity index (χ0n) is 24.6. The number of hydrogen-bond donors (Lipinski definition) is 4. The highest BCUT2D eigenvalue weighted by atomic mass is 16.5. The molecule has 13 heteroatoms. The maximum atomic E-state index is 12.9. The van der Waals surface area contributed by atoms with Crippen molar-refractivity contribution in [2.45, 2.75) is 65.1 Å². The quantitative estimate of drug-likeness (QED) is 0.0670. The van der Waals surface area contributed by atoms with Gasteiger partial charge in [0, 0.05) is 42.1 Å². The first-order valence-electron chi connectivity index (χ1n) is 14.2. The Balaban J connectivity index is 1.32. The Morgan fingerprint density at radius 2 is 1.95 bits per heavy atom. The molecule has 43 heavy (non-hydrogen) atoms. The summed E-state index contributed by atoms with van der Waals surface area (Å²) in [5.41, 5.74) is 16.7. The second-order valence-electron chi connectivity index (χ2n) is 10.9. The summed E-state index contributed by atoms with van der Waals surface area (Å²) in [6, 6.07) is 11.9. The van der Waals surface area contributed by atoms with Crippen LogP contribution < -0.4 is 16.4 Å². The fraction of sp³-hybridized carbons (Fsp3) is 0.400. The normalized spacial score (nSPS) is 11.4. The number of imidazole rings is 1. The highest BCUT2D eigenvalue weighted by molar-refractivity contribution is 6.06. The number of aromatic nitrogens is 3. The van der Waals surface area contributed by atoms with Gasteiger partial charge in [-0.3, -0.25) is 9.59 Å². The Bertz CT molecular complexity index is 1680. The number of amides is 2. The molecule has 0 saturated carbocycles. The van der Waals surface area contributed by atoms with Crippen molar-refractivity contribution in [2.24, 2.45) is 5.11 Å². The molecule has 0 radical (unpaired) electrons. The Hall–Kier alpha value is -4.87. The molecule has 0 fully saturated rings. The molecule has 0 unspecified atom stereocenters.